The van der Waals surface area contributed by atoms with Gasteiger partial charge in [-0.25, -0.2) is 9.38 Å². The summed E-state index contributed by atoms with van der Waals surface area (Å²) in [6.07, 6.45) is 1.97. The highest BCUT2D eigenvalue weighted by Gasteiger charge is 2.15. The first kappa shape index (κ1) is 19.4. The Kier molecular flexibility index (Phi) is 5.56. The molecule has 0 fully saturated rings. The Morgan fingerprint density at radius 1 is 1.00 bits per heavy atom. The molecule has 0 bridgehead atoms. The lowest BCUT2D eigenvalue weighted by Gasteiger charge is -2.16. The van der Waals surface area contributed by atoms with Crippen molar-refractivity contribution in [2.24, 2.45) is 4.40 Å². The third kappa shape index (κ3) is 4.51. The van der Waals surface area contributed by atoms with Gasteiger partial charge in [0.15, 0.2) is 0 Å². The smallest absolute Gasteiger partial charge is 0.137 e. The SMILES string of the molecule is C/C(=N\SC(C)(C)C)c1cc(-n2c(C)ccc2C)ncc1-c1ccccc1. The summed E-state index contributed by atoms with van der Waals surface area (Å²) in [5, 5.41) is 0. The van der Waals surface area contributed by atoms with Crippen LogP contribution in [0.25, 0.3) is 16.9 Å². The van der Waals surface area contributed by atoms with Crippen LogP contribution in [0, 0.1) is 13.8 Å². The normalized spacial score (nSPS) is 12.4. The average molecular weight is 378 g/mol. The van der Waals surface area contributed by atoms with Crippen LogP contribution in [0.1, 0.15) is 44.6 Å². The summed E-state index contributed by atoms with van der Waals surface area (Å²) in [5.41, 5.74) is 6.75. The number of hydrogen-bond donors (Lipinski definition) is 0. The van der Waals surface area contributed by atoms with Gasteiger partial charge in [-0.1, -0.05) is 30.3 Å². The Bertz CT molecular complexity index is 944. The third-order valence-corrected chi connectivity index (χ3v) is 5.23. The van der Waals surface area contributed by atoms with Gasteiger partial charge in [-0.05, 0) is 77.3 Å². The molecule has 0 aliphatic heterocycles. The van der Waals surface area contributed by atoms with Crippen LogP contribution in [0.3, 0.4) is 0 Å². The fraction of sp³-hybridized carbons (Fsp3) is 0.304. The topological polar surface area (TPSA) is 30.2 Å². The number of hydrogen-bond acceptors (Lipinski definition) is 3. The first-order valence-corrected chi connectivity index (χ1v) is 9.97. The summed E-state index contributed by atoms with van der Waals surface area (Å²) in [6.45, 7) is 12.8. The van der Waals surface area contributed by atoms with Gasteiger partial charge in [0.25, 0.3) is 0 Å². The van der Waals surface area contributed by atoms with E-state index in [0.29, 0.717) is 0 Å². The summed E-state index contributed by atoms with van der Waals surface area (Å²) < 4.78 is 7.08. The van der Waals surface area contributed by atoms with Crippen molar-refractivity contribution in [3.05, 3.63) is 71.7 Å². The van der Waals surface area contributed by atoms with Crippen molar-refractivity contribution >= 4 is 17.7 Å². The highest BCUT2D eigenvalue weighted by molar-refractivity contribution is 7.99. The molecule has 0 N–H and O–H groups in total. The summed E-state index contributed by atoms with van der Waals surface area (Å²) in [4.78, 5) is 4.77. The molecule has 0 aliphatic carbocycles. The fourth-order valence-electron chi connectivity index (χ4n) is 3.00. The van der Waals surface area contributed by atoms with Crippen LogP contribution in [-0.2, 0) is 0 Å². The molecule has 0 atom stereocenters. The van der Waals surface area contributed by atoms with E-state index in [9.17, 15) is 0 Å². The Hall–Kier alpha value is -2.33. The largest absolute Gasteiger partial charge is 0.303 e. The van der Waals surface area contributed by atoms with E-state index in [1.54, 1.807) is 11.9 Å². The standard InChI is InChI=1S/C23H27N3S/c1-16-12-13-17(2)26(16)22-14-20(18(3)25-27-23(4,5)6)21(15-24-22)19-10-8-7-9-11-19/h7-15H,1-6H3/b25-18+. The summed E-state index contributed by atoms with van der Waals surface area (Å²) in [7, 11) is 0. The predicted molar refractivity (Wildman–Crippen MR) is 118 cm³/mol. The minimum atomic E-state index is 0.0810. The highest BCUT2D eigenvalue weighted by atomic mass is 32.2. The van der Waals surface area contributed by atoms with Crippen LogP contribution in [0.2, 0.25) is 0 Å². The van der Waals surface area contributed by atoms with Gasteiger partial charge >= 0.3 is 0 Å². The molecule has 0 saturated heterocycles. The zero-order valence-corrected chi connectivity index (χ0v) is 17.8. The van der Waals surface area contributed by atoms with Crippen LogP contribution in [0.5, 0.6) is 0 Å². The Labute approximate surface area is 166 Å². The first-order chi connectivity index (χ1) is 12.8. The molecule has 0 spiro atoms. The zero-order valence-electron chi connectivity index (χ0n) is 16.9. The van der Waals surface area contributed by atoms with Crippen molar-refractivity contribution in [2.75, 3.05) is 0 Å². The van der Waals surface area contributed by atoms with Crippen LogP contribution in [-0.4, -0.2) is 20.0 Å². The summed E-state index contributed by atoms with van der Waals surface area (Å²) >= 11 is 1.61. The molecule has 2 aromatic heterocycles. The second kappa shape index (κ2) is 7.73. The minimum absolute atomic E-state index is 0.0810. The van der Waals surface area contributed by atoms with Gasteiger partial charge in [0.1, 0.15) is 5.82 Å². The van der Waals surface area contributed by atoms with Crippen LogP contribution < -0.4 is 0 Å². The monoisotopic (exact) mass is 377 g/mol. The van der Waals surface area contributed by atoms with E-state index in [4.69, 9.17) is 9.38 Å². The maximum Gasteiger partial charge on any atom is 0.137 e. The molecule has 0 aliphatic rings. The average Bonchev–Trinajstić information content (AvgIpc) is 2.98. The first-order valence-electron chi connectivity index (χ1n) is 9.20. The maximum absolute atomic E-state index is 4.82. The molecule has 1 aromatic carbocycles. The highest BCUT2D eigenvalue weighted by Crippen LogP contribution is 2.29. The number of nitrogens with zero attached hydrogens (tertiary/aromatic N) is 3. The second-order valence-corrected chi connectivity index (χ2v) is 9.38. The number of aryl methyl sites for hydroxylation is 2. The molecule has 2 heterocycles. The summed E-state index contributed by atoms with van der Waals surface area (Å²) in [6, 6.07) is 16.8. The molecule has 27 heavy (non-hydrogen) atoms. The van der Waals surface area contributed by atoms with Crippen LogP contribution in [0.4, 0.5) is 0 Å². The van der Waals surface area contributed by atoms with Crippen molar-refractivity contribution < 1.29 is 0 Å². The van der Waals surface area contributed by atoms with Gasteiger partial charge < -0.3 is 4.57 Å². The second-order valence-electron chi connectivity index (χ2n) is 7.79. The lowest BCUT2D eigenvalue weighted by Crippen LogP contribution is -2.08. The van der Waals surface area contributed by atoms with E-state index in [0.717, 1.165) is 28.2 Å². The zero-order chi connectivity index (χ0) is 19.6. The lowest BCUT2D eigenvalue weighted by molar-refractivity contribution is 0.804. The Morgan fingerprint density at radius 2 is 1.63 bits per heavy atom. The number of aromatic nitrogens is 2. The van der Waals surface area contributed by atoms with Crippen molar-refractivity contribution in [3.63, 3.8) is 0 Å². The third-order valence-electron chi connectivity index (χ3n) is 4.32. The van der Waals surface area contributed by atoms with Crippen molar-refractivity contribution in [1.82, 2.24) is 9.55 Å². The van der Waals surface area contributed by atoms with E-state index >= 15 is 0 Å². The van der Waals surface area contributed by atoms with Crippen molar-refractivity contribution in [1.29, 1.82) is 0 Å². The van der Waals surface area contributed by atoms with Crippen LogP contribution >= 0.6 is 11.9 Å². The molecule has 0 unspecified atom stereocenters. The number of benzene rings is 1. The van der Waals surface area contributed by atoms with E-state index in [1.807, 2.05) is 12.3 Å². The molecule has 3 rings (SSSR count). The van der Waals surface area contributed by atoms with Gasteiger partial charge in [-0.3, -0.25) is 0 Å². The molecule has 4 heteroatoms. The van der Waals surface area contributed by atoms with Gasteiger partial charge in [-0.15, -0.1) is 0 Å². The molecule has 3 nitrogen and oxygen atoms in total. The van der Waals surface area contributed by atoms with Crippen molar-refractivity contribution in [2.45, 2.75) is 46.3 Å². The Balaban J connectivity index is 2.15. The molecule has 0 amide bonds. The number of pyridine rings is 1. The van der Waals surface area contributed by atoms with Crippen molar-refractivity contribution in [3.8, 4) is 16.9 Å². The van der Waals surface area contributed by atoms with Gasteiger partial charge in [-0.2, -0.15) is 0 Å². The fourth-order valence-corrected chi connectivity index (χ4v) is 3.51. The molecule has 0 radical (unpaired) electrons. The summed E-state index contributed by atoms with van der Waals surface area (Å²) in [5.74, 6) is 0.931. The molecular formula is C23H27N3S. The minimum Gasteiger partial charge on any atom is -0.303 e. The molecular weight excluding hydrogens is 350 g/mol. The lowest BCUT2D eigenvalue weighted by atomic mass is 9.99. The van der Waals surface area contributed by atoms with Gasteiger partial charge in [0.2, 0.25) is 0 Å². The predicted octanol–water partition coefficient (Wildman–Crippen LogP) is 6.41. The molecule has 140 valence electrons. The number of rotatable bonds is 4. The van der Waals surface area contributed by atoms with Crippen LogP contribution in [0.15, 0.2) is 59.1 Å². The van der Waals surface area contributed by atoms with Gasteiger partial charge in [0.05, 0.1) is 5.71 Å². The Morgan fingerprint density at radius 3 is 2.22 bits per heavy atom. The van der Waals surface area contributed by atoms with E-state index in [2.05, 4.69) is 88.6 Å². The molecule has 0 saturated carbocycles. The quantitative estimate of drug-likeness (QED) is 0.388. The van der Waals surface area contributed by atoms with E-state index in [1.165, 1.54) is 11.4 Å². The maximum atomic E-state index is 4.82. The molecule has 3 aromatic rings. The van der Waals surface area contributed by atoms with E-state index in [-0.39, 0.29) is 4.75 Å². The van der Waals surface area contributed by atoms with E-state index < -0.39 is 0 Å². The van der Waals surface area contributed by atoms with Gasteiger partial charge in [0, 0.05) is 33.5 Å².